The van der Waals surface area contributed by atoms with Crippen LogP contribution >= 0.6 is 0 Å². The molecule has 0 atom stereocenters. The molecular formula is C24H34O2. The lowest BCUT2D eigenvalue weighted by molar-refractivity contribution is 0.413. The summed E-state index contributed by atoms with van der Waals surface area (Å²) in [7, 11) is 3.49. The molecule has 2 heteroatoms. The third-order valence-electron chi connectivity index (χ3n) is 4.88. The van der Waals surface area contributed by atoms with Crippen LogP contribution in [0.5, 0.6) is 11.5 Å². The van der Waals surface area contributed by atoms with Gasteiger partial charge in [0.15, 0.2) is 0 Å². The molecule has 0 aliphatic rings. The first-order valence-electron chi connectivity index (χ1n) is 10.1. The van der Waals surface area contributed by atoms with E-state index in [0.717, 1.165) is 24.3 Å². The number of aryl methyl sites for hydroxylation is 2. The summed E-state index contributed by atoms with van der Waals surface area (Å²) >= 11 is 0. The van der Waals surface area contributed by atoms with Gasteiger partial charge in [-0.25, -0.2) is 0 Å². The van der Waals surface area contributed by atoms with Gasteiger partial charge < -0.3 is 9.47 Å². The van der Waals surface area contributed by atoms with Crippen molar-refractivity contribution in [2.45, 2.75) is 65.2 Å². The summed E-state index contributed by atoms with van der Waals surface area (Å²) in [6, 6.07) is 13.2. The Morgan fingerprint density at radius 3 is 1.35 bits per heavy atom. The molecule has 0 spiro atoms. The number of benzene rings is 2. The van der Waals surface area contributed by atoms with Crippen LogP contribution in [0.2, 0.25) is 0 Å². The Morgan fingerprint density at radius 2 is 1.00 bits per heavy atom. The summed E-state index contributed by atoms with van der Waals surface area (Å²) in [5.74, 6) is 1.87. The highest BCUT2D eigenvalue weighted by atomic mass is 16.5. The topological polar surface area (TPSA) is 18.5 Å². The van der Waals surface area contributed by atoms with Gasteiger partial charge in [-0.2, -0.15) is 0 Å². The Labute approximate surface area is 159 Å². The first-order chi connectivity index (χ1) is 12.7. The second kappa shape index (κ2) is 10.9. The fourth-order valence-corrected chi connectivity index (χ4v) is 3.34. The Kier molecular flexibility index (Phi) is 8.53. The summed E-state index contributed by atoms with van der Waals surface area (Å²) in [6.45, 7) is 4.49. The van der Waals surface area contributed by atoms with Gasteiger partial charge in [-0.15, -0.1) is 0 Å². The molecule has 2 aromatic rings. The predicted octanol–water partition coefficient (Wildman–Crippen LogP) is 6.84. The number of rotatable bonds is 11. The van der Waals surface area contributed by atoms with Crippen LogP contribution in [0.4, 0.5) is 0 Å². The minimum absolute atomic E-state index is 0.935. The van der Waals surface area contributed by atoms with Crippen LogP contribution in [0.3, 0.4) is 0 Å². The van der Waals surface area contributed by atoms with E-state index in [1.807, 2.05) is 0 Å². The van der Waals surface area contributed by atoms with Gasteiger partial charge in [0.2, 0.25) is 0 Å². The molecule has 0 fully saturated rings. The Balaban J connectivity index is 2.32. The molecule has 0 aliphatic carbocycles. The molecule has 0 heterocycles. The van der Waals surface area contributed by atoms with E-state index in [1.54, 1.807) is 14.2 Å². The van der Waals surface area contributed by atoms with Crippen LogP contribution in [0.25, 0.3) is 11.1 Å². The summed E-state index contributed by atoms with van der Waals surface area (Å²) < 4.78 is 11.1. The summed E-state index contributed by atoms with van der Waals surface area (Å²) in [5, 5.41) is 0. The lowest BCUT2D eigenvalue weighted by Crippen LogP contribution is -1.94. The van der Waals surface area contributed by atoms with Gasteiger partial charge >= 0.3 is 0 Å². The molecule has 0 saturated carbocycles. The summed E-state index contributed by atoms with van der Waals surface area (Å²) in [5.41, 5.74) is 5.13. The van der Waals surface area contributed by atoms with Crippen molar-refractivity contribution in [3.05, 3.63) is 47.5 Å². The minimum atomic E-state index is 0.935. The Bertz CT molecular complexity index is 616. The van der Waals surface area contributed by atoms with Gasteiger partial charge in [-0.3, -0.25) is 0 Å². The lowest BCUT2D eigenvalue weighted by Gasteiger charge is -2.13. The minimum Gasteiger partial charge on any atom is -0.497 e. The molecule has 0 radical (unpaired) electrons. The highest BCUT2D eigenvalue weighted by molar-refractivity contribution is 5.68. The van der Waals surface area contributed by atoms with E-state index in [9.17, 15) is 0 Å². The standard InChI is InChI=1S/C24H34O2/c1-5-7-9-11-19-13-21(17-23(15-19)25-3)22-14-20(12-10-8-6-2)16-24(18-22)26-4/h13-18H,5-12H2,1-4H3. The van der Waals surface area contributed by atoms with Crippen LogP contribution in [0, 0.1) is 0 Å². The van der Waals surface area contributed by atoms with Gasteiger partial charge in [0.25, 0.3) is 0 Å². The maximum atomic E-state index is 5.56. The van der Waals surface area contributed by atoms with Crippen molar-refractivity contribution in [2.24, 2.45) is 0 Å². The zero-order valence-electron chi connectivity index (χ0n) is 16.9. The predicted molar refractivity (Wildman–Crippen MR) is 111 cm³/mol. The molecule has 0 saturated heterocycles. The van der Waals surface area contributed by atoms with Gasteiger partial charge in [0.1, 0.15) is 11.5 Å². The van der Waals surface area contributed by atoms with Gasteiger partial charge in [-0.05, 0) is 72.2 Å². The monoisotopic (exact) mass is 354 g/mol. The second-order valence-corrected chi connectivity index (χ2v) is 7.05. The van der Waals surface area contributed by atoms with Crippen LogP contribution in [0.15, 0.2) is 36.4 Å². The van der Waals surface area contributed by atoms with Crippen molar-refractivity contribution >= 4 is 0 Å². The second-order valence-electron chi connectivity index (χ2n) is 7.05. The average Bonchev–Trinajstić information content (AvgIpc) is 2.68. The van der Waals surface area contributed by atoms with Crippen molar-refractivity contribution in [3.8, 4) is 22.6 Å². The molecule has 0 N–H and O–H groups in total. The normalized spacial score (nSPS) is 10.8. The molecular weight excluding hydrogens is 320 g/mol. The molecule has 0 bridgehead atoms. The Morgan fingerprint density at radius 1 is 0.577 bits per heavy atom. The highest BCUT2D eigenvalue weighted by Gasteiger charge is 2.08. The third-order valence-corrected chi connectivity index (χ3v) is 4.88. The van der Waals surface area contributed by atoms with Gasteiger partial charge in [0.05, 0.1) is 14.2 Å². The van der Waals surface area contributed by atoms with Crippen molar-refractivity contribution in [1.29, 1.82) is 0 Å². The van der Waals surface area contributed by atoms with Crippen molar-refractivity contribution < 1.29 is 9.47 Å². The maximum absolute atomic E-state index is 5.56. The first kappa shape index (κ1) is 20.4. The SMILES string of the molecule is CCCCCc1cc(OC)cc(-c2cc(CCCCC)cc(OC)c2)c1. The van der Waals surface area contributed by atoms with Gasteiger partial charge in [-0.1, -0.05) is 51.7 Å². The largest absolute Gasteiger partial charge is 0.497 e. The fraction of sp³-hybridized carbons (Fsp3) is 0.500. The van der Waals surface area contributed by atoms with Crippen LogP contribution in [0.1, 0.15) is 63.5 Å². The van der Waals surface area contributed by atoms with E-state index in [2.05, 4.69) is 50.2 Å². The molecule has 0 aliphatic heterocycles. The zero-order valence-corrected chi connectivity index (χ0v) is 16.9. The number of methoxy groups -OCH3 is 2. The molecule has 0 aromatic heterocycles. The number of ether oxygens (including phenoxy) is 2. The zero-order chi connectivity index (χ0) is 18.8. The fourth-order valence-electron chi connectivity index (χ4n) is 3.34. The number of hydrogen-bond acceptors (Lipinski definition) is 2. The molecule has 2 rings (SSSR count). The smallest absolute Gasteiger partial charge is 0.119 e. The quantitative estimate of drug-likeness (QED) is 0.411. The van der Waals surface area contributed by atoms with E-state index in [-0.39, 0.29) is 0 Å². The van der Waals surface area contributed by atoms with Crippen molar-refractivity contribution in [1.82, 2.24) is 0 Å². The van der Waals surface area contributed by atoms with E-state index < -0.39 is 0 Å². The molecule has 26 heavy (non-hydrogen) atoms. The molecule has 2 aromatic carbocycles. The van der Waals surface area contributed by atoms with E-state index >= 15 is 0 Å². The third kappa shape index (κ3) is 6.09. The van der Waals surface area contributed by atoms with Crippen molar-refractivity contribution in [2.75, 3.05) is 14.2 Å². The molecule has 0 amide bonds. The number of hydrogen-bond donors (Lipinski definition) is 0. The van der Waals surface area contributed by atoms with Crippen molar-refractivity contribution in [3.63, 3.8) is 0 Å². The molecule has 2 nitrogen and oxygen atoms in total. The maximum Gasteiger partial charge on any atom is 0.119 e. The first-order valence-corrected chi connectivity index (χ1v) is 10.1. The van der Waals surface area contributed by atoms with Gasteiger partial charge in [0, 0.05) is 0 Å². The highest BCUT2D eigenvalue weighted by Crippen LogP contribution is 2.31. The molecule has 0 unspecified atom stereocenters. The van der Waals surface area contributed by atoms with Crippen LogP contribution in [-0.2, 0) is 12.8 Å². The average molecular weight is 355 g/mol. The Hall–Kier alpha value is -1.96. The number of unbranched alkanes of at least 4 members (excludes halogenated alkanes) is 4. The van der Waals surface area contributed by atoms with Crippen LogP contribution in [-0.4, -0.2) is 14.2 Å². The van der Waals surface area contributed by atoms with E-state index in [4.69, 9.17) is 9.47 Å². The van der Waals surface area contributed by atoms with Crippen LogP contribution < -0.4 is 9.47 Å². The summed E-state index contributed by atoms with van der Waals surface area (Å²) in [6.07, 6.45) is 9.69. The summed E-state index contributed by atoms with van der Waals surface area (Å²) in [4.78, 5) is 0. The van der Waals surface area contributed by atoms with E-state index in [1.165, 1.54) is 60.8 Å². The van der Waals surface area contributed by atoms with E-state index in [0.29, 0.717) is 0 Å². The molecule has 142 valence electrons. The lowest BCUT2D eigenvalue weighted by atomic mass is 9.96.